The molecule has 0 radical (unpaired) electrons. The molecule has 1 saturated carbocycles. The lowest BCUT2D eigenvalue weighted by molar-refractivity contribution is -0.0279. The maximum atomic E-state index is 5.74. The van der Waals surface area contributed by atoms with Crippen molar-refractivity contribution in [2.24, 2.45) is 0 Å². The fourth-order valence-corrected chi connectivity index (χ4v) is 4.42. The summed E-state index contributed by atoms with van der Waals surface area (Å²) in [5, 5.41) is 0. The van der Waals surface area contributed by atoms with Gasteiger partial charge >= 0.3 is 0 Å². The fraction of sp³-hybridized carbons (Fsp3) is 0.684. The molecule has 1 saturated heterocycles. The average Bonchev–Trinajstić information content (AvgIpc) is 2.63. The standard InChI is InChI=1S/C19H30N2OS/c1-22-19-6-4-3-5-18(19)21-13-11-20(12-14-21)15-16-7-9-17(23-2)10-8-16/h7-10,18-19H,3-6,11-15H2,1-2H3. The van der Waals surface area contributed by atoms with E-state index in [4.69, 9.17) is 4.74 Å². The van der Waals surface area contributed by atoms with Gasteiger partial charge in [-0.1, -0.05) is 25.0 Å². The van der Waals surface area contributed by atoms with Crippen molar-refractivity contribution in [2.75, 3.05) is 39.5 Å². The molecule has 3 nitrogen and oxygen atoms in total. The topological polar surface area (TPSA) is 15.7 Å². The number of nitrogens with zero attached hydrogens (tertiary/aromatic N) is 2. The lowest BCUT2D eigenvalue weighted by Gasteiger charge is -2.43. The molecule has 2 aliphatic rings. The SMILES string of the molecule is COC1CCCCC1N1CCN(Cc2ccc(SC)cc2)CC1. The summed E-state index contributed by atoms with van der Waals surface area (Å²) in [6, 6.07) is 9.68. The van der Waals surface area contributed by atoms with Crippen molar-refractivity contribution in [3.63, 3.8) is 0 Å². The van der Waals surface area contributed by atoms with Crippen LogP contribution in [0.15, 0.2) is 29.2 Å². The van der Waals surface area contributed by atoms with Crippen LogP contribution in [0.25, 0.3) is 0 Å². The van der Waals surface area contributed by atoms with Gasteiger partial charge in [0.15, 0.2) is 0 Å². The third-order valence-electron chi connectivity index (χ3n) is 5.41. The van der Waals surface area contributed by atoms with Crippen molar-refractivity contribution >= 4 is 11.8 Å². The molecule has 128 valence electrons. The van der Waals surface area contributed by atoms with Gasteiger partial charge in [0.25, 0.3) is 0 Å². The summed E-state index contributed by atoms with van der Waals surface area (Å²) >= 11 is 1.81. The maximum absolute atomic E-state index is 5.74. The minimum atomic E-state index is 0.453. The molecule has 0 amide bonds. The lowest BCUT2D eigenvalue weighted by atomic mass is 9.90. The van der Waals surface area contributed by atoms with Gasteiger partial charge < -0.3 is 4.74 Å². The van der Waals surface area contributed by atoms with Crippen LogP contribution in [-0.2, 0) is 11.3 Å². The first-order valence-electron chi connectivity index (χ1n) is 8.92. The van der Waals surface area contributed by atoms with E-state index in [1.54, 1.807) is 0 Å². The Morgan fingerprint density at radius 3 is 2.39 bits per heavy atom. The summed E-state index contributed by atoms with van der Waals surface area (Å²) < 4.78 is 5.74. The van der Waals surface area contributed by atoms with Gasteiger partial charge in [-0.15, -0.1) is 11.8 Å². The number of rotatable bonds is 5. The van der Waals surface area contributed by atoms with Gasteiger partial charge in [0.2, 0.25) is 0 Å². The molecule has 1 aromatic carbocycles. The highest BCUT2D eigenvalue weighted by Gasteiger charge is 2.31. The summed E-state index contributed by atoms with van der Waals surface area (Å²) in [6.45, 7) is 5.82. The number of piperazine rings is 1. The van der Waals surface area contributed by atoms with Crippen molar-refractivity contribution in [3.05, 3.63) is 29.8 Å². The highest BCUT2D eigenvalue weighted by atomic mass is 32.2. The quantitative estimate of drug-likeness (QED) is 0.766. The maximum Gasteiger partial charge on any atom is 0.0726 e. The third-order valence-corrected chi connectivity index (χ3v) is 6.16. The van der Waals surface area contributed by atoms with Crippen LogP contribution in [0.5, 0.6) is 0 Å². The highest BCUT2D eigenvalue weighted by molar-refractivity contribution is 7.98. The van der Waals surface area contributed by atoms with Crippen molar-refractivity contribution < 1.29 is 4.74 Å². The molecule has 1 aliphatic heterocycles. The number of hydrogen-bond donors (Lipinski definition) is 0. The van der Waals surface area contributed by atoms with E-state index in [9.17, 15) is 0 Å². The van der Waals surface area contributed by atoms with E-state index >= 15 is 0 Å². The Labute approximate surface area is 145 Å². The number of thioether (sulfide) groups is 1. The fourth-order valence-electron chi connectivity index (χ4n) is 4.01. The molecule has 4 heteroatoms. The summed E-state index contributed by atoms with van der Waals surface area (Å²) in [6.07, 6.45) is 7.84. The lowest BCUT2D eigenvalue weighted by Crippen LogP contribution is -2.54. The molecule has 23 heavy (non-hydrogen) atoms. The van der Waals surface area contributed by atoms with E-state index in [1.165, 1.54) is 62.3 Å². The Kier molecular flexibility index (Phi) is 6.40. The minimum absolute atomic E-state index is 0.453. The molecular weight excluding hydrogens is 304 g/mol. The molecule has 2 fully saturated rings. The monoisotopic (exact) mass is 334 g/mol. The largest absolute Gasteiger partial charge is 0.380 e. The van der Waals surface area contributed by atoms with Gasteiger partial charge in [-0.25, -0.2) is 0 Å². The van der Waals surface area contributed by atoms with Gasteiger partial charge in [-0.3, -0.25) is 9.80 Å². The first kappa shape index (κ1) is 17.3. The number of methoxy groups -OCH3 is 1. The molecule has 0 spiro atoms. The second-order valence-corrected chi connectivity index (χ2v) is 7.67. The van der Waals surface area contributed by atoms with Gasteiger partial charge in [0, 0.05) is 50.8 Å². The zero-order valence-corrected chi connectivity index (χ0v) is 15.4. The summed E-state index contributed by atoms with van der Waals surface area (Å²) in [5.74, 6) is 0. The van der Waals surface area contributed by atoms with Crippen molar-refractivity contribution in [1.29, 1.82) is 0 Å². The van der Waals surface area contributed by atoms with Crippen molar-refractivity contribution in [2.45, 2.75) is 49.3 Å². The number of hydrogen-bond acceptors (Lipinski definition) is 4. The molecule has 0 bridgehead atoms. The van der Waals surface area contributed by atoms with Crippen LogP contribution in [0.1, 0.15) is 31.2 Å². The smallest absolute Gasteiger partial charge is 0.0726 e. The van der Waals surface area contributed by atoms with E-state index < -0.39 is 0 Å². The Morgan fingerprint density at radius 2 is 1.74 bits per heavy atom. The predicted molar refractivity (Wildman–Crippen MR) is 98.1 cm³/mol. The van der Waals surface area contributed by atoms with Crippen LogP contribution in [0.2, 0.25) is 0 Å². The molecular formula is C19H30N2OS. The van der Waals surface area contributed by atoms with Crippen LogP contribution < -0.4 is 0 Å². The zero-order chi connectivity index (χ0) is 16.1. The van der Waals surface area contributed by atoms with Crippen LogP contribution in [0.4, 0.5) is 0 Å². The molecule has 2 atom stereocenters. The summed E-state index contributed by atoms with van der Waals surface area (Å²) in [4.78, 5) is 6.62. The minimum Gasteiger partial charge on any atom is -0.380 e. The Morgan fingerprint density at radius 1 is 1.04 bits per heavy atom. The van der Waals surface area contributed by atoms with E-state index in [1.807, 2.05) is 18.9 Å². The Balaban J connectivity index is 1.49. The van der Waals surface area contributed by atoms with Crippen LogP contribution in [0.3, 0.4) is 0 Å². The van der Waals surface area contributed by atoms with E-state index in [2.05, 4.69) is 40.3 Å². The first-order chi connectivity index (χ1) is 11.3. The van der Waals surface area contributed by atoms with Crippen molar-refractivity contribution in [3.8, 4) is 0 Å². The van der Waals surface area contributed by atoms with Gasteiger partial charge in [0.05, 0.1) is 6.10 Å². The van der Waals surface area contributed by atoms with Crippen LogP contribution in [0, 0.1) is 0 Å². The molecule has 0 aromatic heterocycles. The second-order valence-electron chi connectivity index (χ2n) is 6.79. The molecule has 1 heterocycles. The second kappa shape index (κ2) is 8.52. The van der Waals surface area contributed by atoms with E-state index in [0.29, 0.717) is 12.1 Å². The molecule has 2 unspecified atom stereocenters. The number of benzene rings is 1. The molecule has 1 aromatic rings. The normalized spacial score (nSPS) is 27.2. The Bertz CT molecular complexity index is 471. The van der Waals surface area contributed by atoms with Gasteiger partial charge in [-0.2, -0.15) is 0 Å². The van der Waals surface area contributed by atoms with Gasteiger partial charge in [-0.05, 0) is 36.8 Å². The Hall–Kier alpha value is -0.550. The zero-order valence-electron chi connectivity index (χ0n) is 14.5. The van der Waals surface area contributed by atoms with Crippen LogP contribution in [-0.4, -0.2) is 61.5 Å². The molecule has 3 rings (SSSR count). The number of ether oxygens (including phenoxy) is 1. The van der Waals surface area contributed by atoms with E-state index in [-0.39, 0.29) is 0 Å². The molecule has 1 aliphatic carbocycles. The summed E-state index contributed by atoms with van der Waals surface area (Å²) in [5.41, 5.74) is 1.43. The summed E-state index contributed by atoms with van der Waals surface area (Å²) in [7, 11) is 1.89. The predicted octanol–water partition coefficient (Wildman–Crippen LogP) is 3.48. The first-order valence-corrected chi connectivity index (χ1v) is 10.1. The van der Waals surface area contributed by atoms with Crippen molar-refractivity contribution in [1.82, 2.24) is 9.80 Å². The van der Waals surface area contributed by atoms with E-state index in [0.717, 1.165) is 6.54 Å². The average molecular weight is 335 g/mol. The highest BCUT2D eigenvalue weighted by Crippen LogP contribution is 2.26. The molecule has 0 N–H and O–H groups in total. The third kappa shape index (κ3) is 4.50. The van der Waals surface area contributed by atoms with Gasteiger partial charge in [0.1, 0.15) is 0 Å². The van der Waals surface area contributed by atoms with Crippen LogP contribution >= 0.6 is 11.8 Å².